The maximum absolute atomic E-state index is 13.2. The molecule has 4 rings (SSSR count). The van der Waals surface area contributed by atoms with Crippen LogP contribution in [0.15, 0.2) is 88.7 Å². The van der Waals surface area contributed by atoms with Gasteiger partial charge in [0.2, 0.25) is 0 Å². The fourth-order valence-electron chi connectivity index (χ4n) is 3.27. The topological polar surface area (TPSA) is 46.9 Å². The molecule has 30 heavy (non-hydrogen) atoms. The fourth-order valence-corrected chi connectivity index (χ4v) is 4.29. The summed E-state index contributed by atoms with van der Waals surface area (Å²) in [7, 11) is 0. The molecule has 1 amide bonds. The number of nitrogens with zero attached hydrogens (tertiary/aromatic N) is 2. The molecule has 0 saturated heterocycles. The molecule has 150 valence electrons. The van der Waals surface area contributed by atoms with Crippen molar-refractivity contribution < 1.29 is 4.79 Å². The SMILES string of the molecule is Cc1nn(-c2ccccc2)c(C)c1C(=O)Nc1ccccc1Sc1ccc(Cl)cc1. The highest BCUT2D eigenvalue weighted by molar-refractivity contribution is 7.99. The molecule has 1 aromatic heterocycles. The van der Waals surface area contributed by atoms with Crippen LogP contribution in [0.3, 0.4) is 0 Å². The first-order valence-corrected chi connectivity index (χ1v) is 10.7. The zero-order valence-corrected chi connectivity index (χ0v) is 18.2. The summed E-state index contributed by atoms with van der Waals surface area (Å²) in [6, 6.07) is 25.2. The Labute approximate surface area is 184 Å². The standard InChI is InChI=1S/C24H20ClN3OS/c1-16-23(17(2)28(27-16)19-8-4-3-5-9-19)24(29)26-21-10-6-7-11-22(21)30-20-14-12-18(25)13-15-20/h3-15H,1-2H3,(H,26,29). The summed E-state index contributed by atoms with van der Waals surface area (Å²) in [5.74, 6) is -0.170. The van der Waals surface area contributed by atoms with Crippen molar-refractivity contribution in [1.29, 1.82) is 0 Å². The minimum absolute atomic E-state index is 0.170. The number of nitrogens with one attached hydrogen (secondary N) is 1. The Hall–Kier alpha value is -3.02. The van der Waals surface area contributed by atoms with Crippen molar-refractivity contribution in [2.45, 2.75) is 23.6 Å². The van der Waals surface area contributed by atoms with Crippen LogP contribution < -0.4 is 5.32 Å². The summed E-state index contributed by atoms with van der Waals surface area (Å²) >= 11 is 7.56. The predicted octanol–water partition coefficient (Wildman–Crippen LogP) is 6.55. The maximum atomic E-state index is 13.2. The van der Waals surface area contributed by atoms with Gasteiger partial charge in [0.05, 0.1) is 28.3 Å². The molecule has 0 saturated carbocycles. The quantitative estimate of drug-likeness (QED) is 0.388. The van der Waals surface area contributed by atoms with Gasteiger partial charge in [0.15, 0.2) is 0 Å². The molecule has 1 heterocycles. The first-order valence-electron chi connectivity index (χ1n) is 9.48. The van der Waals surface area contributed by atoms with Crippen molar-refractivity contribution in [3.63, 3.8) is 0 Å². The van der Waals surface area contributed by atoms with Crippen LogP contribution in [-0.2, 0) is 0 Å². The van der Waals surface area contributed by atoms with Gasteiger partial charge < -0.3 is 5.32 Å². The van der Waals surface area contributed by atoms with Crippen LogP contribution in [0.5, 0.6) is 0 Å². The smallest absolute Gasteiger partial charge is 0.259 e. The number of aryl methyl sites for hydroxylation is 1. The number of rotatable bonds is 5. The van der Waals surface area contributed by atoms with Gasteiger partial charge in [-0.05, 0) is 62.4 Å². The Morgan fingerprint density at radius 1 is 0.933 bits per heavy atom. The number of carbonyl (C=O) groups is 1. The number of benzene rings is 3. The van der Waals surface area contributed by atoms with E-state index in [2.05, 4.69) is 10.4 Å². The summed E-state index contributed by atoms with van der Waals surface area (Å²) in [5, 5.41) is 8.34. The van der Waals surface area contributed by atoms with Crippen LogP contribution >= 0.6 is 23.4 Å². The van der Waals surface area contributed by atoms with E-state index >= 15 is 0 Å². The van der Waals surface area contributed by atoms with E-state index in [0.29, 0.717) is 16.3 Å². The molecule has 0 aliphatic heterocycles. The molecule has 4 nitrogen and oxygen atoms in total. The Morgan fingerprint density at radius 3 is 2.33 bits per heavy atom. The second kappa shape index (κ2) is 8.78. The van der Waals surface area contributed by atoms with E-state index in [1.165, 1.54) is 0 Å². The minimum Gasteiger partial charge on any atom is -0.321 e. The molecule has 3 aromatic carbocycles. The van der Waals surface area contributed by atoms with E-state index in [1.54, 1.807) is 16.4 Å². The fraction of sp³-hybridized carbons (Fsp3) is 0.0833. The second-order valence-electron chi connectivity index (χ2n) is 6.80. The monoisotopic (exact) mass is 433 g/mol. The molecular formula is C24H20ClN3OS. The van der Waals surface area contributed by atoms with E-state index in [9.17, 15) is 4.79 Å². The van der Waals surface area contributed by atoms with Gasteiger partial charge in [-0.2, -0.15) is 5.10 Å². The summed E-state index contributed by atoms with van der Waals surface area (Å²) in [6.45, 7) is 3.77. The third-order valence-corrected chi connectivity index (χ3v) is 6.03. The van der Waals surface area contributed by atoms with Gasteiger partial charge in [0, 0.05) is 14.8 Å². The number of carbonyl (C=O) groups excluding carboxylic acids is 1. The van der Waals surface area contributed by atoms with E-state index in [1.807, 2.05) is 92.7 Å². The van der Waals surface area contributed by atoms with Crippen LogP contribution in [0.1, 0.15) is 21.7 Å². The largest absolute Gasteiger partial charge is 0.321 e. The normalized spacial score (nSPS) is 10.8. The number of para-hydroxylation sites is 2. The molecule has 6 heteroatoms. The second-order valence-corrected chi connectivity index (χ2v) is 8.35. The highest BCUT2D eigenvalue weighted by Crippen LogP contribution is 2.34. The number of anilines is 1. The van der Waals surface area contributed by atoms with Crippen LogP contribution in [0, 0.1) is 13.8 Å². The van der Waals surface area contributed by atoms with Crippen LogP contribution in [-0.4, -0.2) is 15.7 Å². The van der Waals surface area contributed by atoms with Gasteiger partial charge in [0.25, 0.3) is 5.91 Å². The van der Waals surface area contributed by atoms with Gasteiger partial charge in [-0.3, -0.25) is 4.79 Å². The first-order chi connectivity index (χ1) is 14.5. The van der Waals surface area contributed by atoms with Gasteiger partial charge in [-0.15, -0.1) is 0 Å². The molecule has 1 N–H and O–H groups in total. The first kappa shape index (κ1) is 20.3. The summed E-state index contributed by atoms with van der Waals surface area (Å²) in [4.78, 5) is 15.2. The molecule has 0 aliphatic rings. The summed E-state index contributed by atoms with van der Waals surface area (Å²) < 4.78 is 1.80. The molecular weight excluding hydrogens is 414 g/mol. The van der Waals surface area contributed by atoms with Crippen molar-refractivity contribution >= 4 is 35.0 Å². The van der Waals surface area contributed by atoms with E-state index in [0.717, 1.165) is 26.9 Å². The predicted molar refractivity (Wildman–Crippen MR) is 123 cm³/mol. The maximum Gasteiger partial charge on any atom is 0.259 e. The van der Waals surface area contributed by atoms with Crippen molar-refractivity contribution in [1.82, 2.24) is 9.78 Å². The van der Waals surface area contributed by atoms with E-state index in [-0.39, 0.29) is 5.91 Å². The number of amides is 1. The average molecular weight is 434 g/mol. The zero-order valence-electron chi connectivity index (χ0n) is 16.6. The van der Waals surface area contributed by atoms with Crippen molar-refractivity contribution in [2.24, 2.45) is 0 Å². The van der Waals surface area contributed by atoms with Gasteiger partial charge in [-0.25, -0.2) is 4.68 Å². The Balaban J connectivity index is 1.61. The van der Waals surface area contributed by atoms with Crippen molar-refractivity contribution in [3.8, 4) is 5.69 Å². The van der Waals surface area contributed by atoms with Gasteiger partial charge in [-0.1, -0.05) is 53.7 Å². The number of halogens is 1. The van der Waals surface area contributed by atoms with Gasteiger partial charge >= 0.3 is 0 Å². The third-order valence-electron chi connectivity index (χ3n) is 4.70. The van der Waals surface area contributed by atoms with Crippen molar-refractivity contribution in [2.75, 3.05) is 5.32 Å². The lowest BCUT2D eigenvalue weighted by atomic mass is 10.1. The van der Waals surface area contributed by atoms with Gasteiger partial charge in [0.1, 0.15) is 0 Å². The number of hydrogen-bond donors (Lipinski definition) is 1. The number of aromatic nitrogens is 2. The Bertz CT molecular complexity index is 1190. The molecule has 0 bridgehead atoms. The molecule has 0 unspecified atom stereocenters. The lowest BCUT2D eigenvalue weighted by molar-refractivity contribution is 0.102. The van der Waals surface area contributed by atoms with Crippen LogP contribution in [0.4, 0.5) is 5.69 Å². The number of hydrogen-bond acceptors (Lipinski definition) is 3. The molecule has 0 spiro atoms. The highest BCUT2D eigenvalue weighted by atomic mass is 35.5. The summed E-state index contributed by atoms with van der Waals surface area (Å²) in [6.07, 6.45) is 0. The Kier molecular flexibility index (Phi) is 5.93. The van der Waals surface area contributed by atoms with Crippen LogP contribution in [0.25, 0.3) is 5.69 Å². The zero-order chi connectivity index (χ0) is 21.1. The molecule has 0 fully saturated rings. The van der Waals surface area contributed by atoms with E-state index in [4.69, 9.17) is 11.6 Å². The lowest BCUT2D eigenvalue weighted by Crippen LogP contribution is -2.14. The summed E-state index contributed by atoms with van der Waals surface area (Å²) in [5.41, 5.74) is 3.77. The van der Waals surface area contributed by atoms with E-state index < -0.39 is 0 Å². The minimum atomic E-state index is -0.170. The molecule has 0 radical (unpaired) electrons. The van der Waals surface area contributed by atoms with Crippen molar-refractivity contribution in [3.05, 3.63) is 101 Å². The molecule has 0 atom stereocenters. The van der Waals surface area contributed by atoms with Crippen LogP contribution in [0.2, 0.25) is 5.02 Å². The molecule has 0 aliphatic carbocycles. The highest BCUT2D eigenvalue weighted by Gasteiger charge is 2.20. The lowest BCUT2D eigenvalue weighted by Gasteiger charge is -2.11. The Morgan fingerprint density at radius 2 is 1.60 bits per heavy atom. The third kappa shape index (κ3) is 4.27. The average Bonchev–Trinajstić information content (AvgIpc) is 3.06. The molecule has 4 aromatic rings.